The summed E-state index contributed by atoms with van der Waals surface area (Å²) >= 11 is 0. The molecule has 0 bridgehead atoms. The Bertz CT molecular complexity index is 192. The van der Waals surface area contributed by atoms with Gasteiger partial charge in [-0.1, -0.05) is 44.1 Å². The highest BCUT2D eigenvalue weighted by Gasteiger charge is 1.91. The molecule has 0 fully saturated rings. The van der Waals surface area contributed by atoms with Gasteiger partial charge in [0.25, 0.3) is 0 Å². The Hall–Kier alpha value is -1.05. The Kier molecular flexibility index (Phi) is 9.28. The van der Waals surface area contributed by atoms with E-state index >= 15 is 0 Å². The SMILES string of the molecule is CCCCCC=CC=CCC(=O)OC. The summed E-state index contributed by atoms with van der Waals surface area (Å²) < 4.78 is 4.50. The highest BCUT2D eigenvalue weighted by atomic mass is 16.5. The molecule has 0 saturated heterocycles. The summed E-state index contributed by atoms with van der Waals surface area (Å²) in [6, 6.07) is 0. The van der Waals surface area contributed by atoms with Crippen molar-refractivity contribution in [2.45, 2.75) is 39.0 Å². The number of unbranched alkanes of at least 4 members (excludes halogenated alkanes) is 3. The van der Waals surface area contributed by atoms with E-state index in [4.69, 9.17) is 0 Å². The van der Waals surface area contributed by atoms with Gasteiger partial charge >= 0.3 is 5.97 Å². The summed E-state index contributed by atoms with van der Waals surface area (Å²) in [4.78, 5) is 10.7. The van der Waals surface area contributed by atoms with Crippen LogP contribution in [0.5, 0.6) is 0 Å². The van der Waals surface area contributed by atoms with E-state index in [1.165, 1.54) is 26.4 Å². The van der Waals surface area contributed by atoms with Crippen LogP contribution >= 0.6 is 0 Å². The molecule has 0 N–H and O–H groups in total. The number of allylic oxidation sites excluding steroid dienone is 3. The van der Waals surface area contributed by atoms with Gasteiger partial charge in [-0.05, 0) is 12.8 Å². The molecule has 2 heteroatoms. The van der Waals surface area contributed by atoms with Gasteiger partial charge in [-0.3, -0.25) is 4.79 Å². The van der Waals surface area contributed by atoms with Crippen molar-refractivity contribution in [1.29, 1.82) is 0 Å². The fraction of sp³-hybridized carbons (Fsp3) is 0.583. The molecular formula is C12H20O2. The fourth-order valence-electron chi connectivity index (χ4n) is 1.01. The predicted octanol–water partition coefficient (Wildman–Crippen LogP) is 3.24. The quantitative estimate of drug-likeness (QED) is 0.355. The van der Waals surface area contributed by atoms with E-state index in [1.807, 2.05) is 18.2 Å². The second kappa shape index (κ2) is 10.0. The lowest BCUT2D eigenvalue weighted by Gasteiger charge is -1.91. The van der Waals surface area contributed by atoms with Crippen molar-refractivity contribution in [1.82, 2.24) is 0 Å². The lowest BCUT2D eigenvalue weighted by Crippen LogP contribution is -1.96. The lowest BCUT2D eigenvalue weighted by molar-refractivity contribution is -0.139. The summed E-state index contributed by atoms with van der Waals surface area (Å²) in [5.41, 5.74) is 0. The summed E-state index contributed by atoms with van der Waals surface area (Å²) in [6.45, 7) is 2.19. The van der Waals surface area contributed by atoms with E-state index in [1.54, 1.807) is 0 Å². The van der Waals surface area contributed by atoms with Crippen LogP contribution < -0.4 is 0 Å². The molecule has 0 saturated carbocycles. The number of carbonyl (C=O) groups is 1. The Morgan fingerprint density at radius 1 is 1.21 bits per heavy atom. The number of esters is 1. The maximum absolute atomic E-state index is 10.7. The third-order valence-corrected chi connectivity index (χ3v) is 1.87. The van der Waals surface area contributed by atoms with Gasteiger partial charge in [0.1, 0.15) is 0 Å². The molecule has 0 amide bonds. The van der Waals surface area contributed by atoms with Crippen molar-refractivity contribution < 1.29 is 9.53 Å². The topological polar surface area (TPSA) is 26.3 Å². The van der Waals surface area contributed by atoms with E-state index in [9.17, 15) is 4.79 Å². The zero-order valence-electron chi connectivity index (χ0n) is 9.16. The van der Waals surface area contributed by atoms with Crippen LogP contribution in [0.25, 0.3) is 0 Å². The van der Waals surface area contributed by atoms with E-state index in [-0.39, 0.29) is 5.97 Å². The second-order valence-corrected chi connectivity index (χ2v) is 3.13. The minimum Gasteiger partial charge on any atom is -0.469 e. The molecular weight excluding hydrogens is 176 g/mol. The van der Waals surface area contributed by atoms with Gasteiger partial charge in [0.2, 0.25) is 0 Å². The third kappa shape index (κ3) is 9.04. The molecule has 0 aromatic rings. The van der Waals surface area contributed by atoms with Crippen LogP contribution in [0.15, 0.2) is 24.3 Å². The molecule has 0 aromatic heterocycles. The van der Waals surface area contributed by atoms with Gasteiger partial charge in [-0.25, -0.2) is 0 Å². The largest absolute Gasteiger partial charge is 0.469 e. The molecule has 0 atom stereocenters. The monoisotopic (exact) mass is 196 g/mol. The number of rotatable bonds is 7. The second-order valence-electron chi connectivity index (χ2n) is 3.13. The van der Waals surface area contributed by atoms with Crippen molar-refractivity contribution >= 4 is 5.97 Å². The molecule has 0 radical (unpaired) electrons. The summed E-state index contributed by atoms with van der Waals surface area (Å²) in [5.74, 6) is -0.194. The van der Waals surface area contributed by atoms with Crippen molar-refractivity contribution in [3.8, 4) is 0 Å². The average molecular weight is 196 g/mol. The first kappa shape index (κ1) is 12.9. The molecule has 2 nitrogen and oxygen atoms in total. The van der Waals surface area contributed by atoms with E-state index in [2.05, 4.69) is 17.7 Å². The molecule has 0 unspecified atom stereocenters. The van der Waals surface area contributed by atoms with E-state index in [0.717, 1.165) is 6.42 Å². The molecule has 14 heavy (non-hydrogen) atoms. The van der Waals surface area contributed by atoms with Crippen molar-refractivity contribution in [3.05, 3.63) is 24.3 Å². The van der Waals surface area contributed by atoms with Crippen LogP contribution in [0.1, 0.15) is 39.0 Å². The van der Waals surface area contributed by atoms with Gasteiger partial charge in [0.15, 0.2) is 0 Å². The van der Waals surface area contributed by atoms with E-state index in [0.29, 0.717) is 6.42 Å². The Morgan fingerprint density at radius 2 is 1.93 bits per heavy atom. The minimum atomic E-state index is -0.194. The molecule has 0 spiro atoms. The molecule has 0 aliphatic carbocycles. The molecule has 0 heterocycles. The van der Waals surface area contributed by atoms with Crippen molar-refractivity contribution in [2.24, 2.45) is 0 Å². The fourth-order valence-corrected chi connectivity index (χ4v) is 1.01. The maximum Gasteiger partial charge on any atom is 0.309 e. The number of carbonyl (C=O) groups excluding carboxylic acids is 1. The molecule has 0 rings (SSSR count). The first-order valence-electron chi connectivity index (χ1n) is 5.19. The highest BCUT2D eigenvalue weighted by Crippen LogP contribution is 1.99. The zero-order chi connectivity index (χ0) is 10.6. The van der Waals surface area contributed by atoms with E-state index < -0.39 is 0 Å². The molecule has 0 aliphatic rings. The maximum atomic E-state index is 10.7. The van der Waals surface area contributed by atoms with Crippen LogP contribution in [0, 0.1) is 0 Å². The summed E-state index contributed by atoms with van der Waals surface area (Å²) in [7, 11) is 1.40. The molecule has 0 aliphatic heterocycles. The van der Waals surface area contributed by atoms with Crippen molar-refractivity contribution in [3.63, 3.8) is 0 Å². The Labute approximate surface area is 86.6 Å². The first-order chi connectivity index (χ1) is 6.81. The van der Waals surface area contributed by atoms with Crippen LogP contribution in [-0.2, 0) is 9.53 Å². The minimum absolute atomic E-state index is 0.194. The van der Waals surface area contributed by atoms with Gasteiger partial charge < -0.3 is 4.74 Å². The summed E-state index contributed by atoms with van der Waals surface area (Å²) in [6.07, 6.45) is 13.1. The number of ether oxygens (including phenoxy) is 1. The molecule has 0 aromatic carbocycles. The Morgan fingerprint density at radius 3 is 2.57 bits per heavy atom. The van der Waals surface area contributed by atoms with Gasteiger partial charge in [0.05, 0.1) is 13.5 Å². The van der Waals surface area contributed by atoms with Crippen molar-refractivity contribution in [2.75, 3.05) is 7.11 Å². The number of hydrogen-bond acceptors (Lipinski definition) is 2. The zero-order valence-corrected chi connectivity index (χ0v) is 9.16. The highest BCUT2D eigenvalue weighted by molar-refractivity contribution is 5.70. The Balaban J connectivity index is 3.36. The summed E-state index contributed by atoms with van der Waals surface area (Å²) in [5, 5.41) is 0. The van der Waals surface area contributed by atoms with Gasteiger partial charge in [-0.15, -0.1) is 0 Å². The predicted molar refractivity (Wildman–Crippen MR) is 59.1 cm³/mol. The lowest BCUT2D eigenvalue weighted by atomic mass is 10.2. The average Bonchev–Trinajstić information content (AvgIpc) is 2.21. The molecule has 80 valence electrons. The number of hydrogen-bond donors (Lipinski definition) is 0. The van der Waals surface area contributed by atoms with Crippen LogP contribution in [0.3, 0.4) is 0 Å². The van der Waals surface area contributed by atoms with Crippen LogP contribution in [-0.4, -0.2) is 13.1 Å². The van der Waals surface area contributed by atoms with Crippen LogP contribution in [0.4, 0.5) is 0 Å². The third-order valence-electron chi connectivity index (χ3n) is 1.87. The van der Waals surface area contributed by atoms with Gasteiger partial charge in [0, 0.05) is 0 Å². The standard InChI is InChI=1S/C12H20O2/c1-3-4-5-6-7-8-9-10-11-12(13)14-2/h7-10H,3-6,11H2,1-2H3. The normalized spacial score (nSPS) is 11.3. The van der Waals surface area contributed by atoms with Crippen LogP contribution in [0.2, 0.25) is 0 Å². The smallest absolute Gasteiger partial charge is 0.309 e. The first-order valence-corrected chi connectivity index (χ1v) is 5.19. The van der Waals surface area contributed by atoms with Gasteiger partial charge in [-0.2, -0.15) is 0 Å². The number of methoxy groups -OCH3 is 1.